The van der Waals surface area contributed by atoms with E-state index in [-0.39, 0.29) is 5.12 Å². The minimum absolute atomic E-state index is 0.139. The van der Waals surface area contributed by atoms with Crippen molar-refractivity contribution in [2.75, 3.05) is 6.26 Å². The molecule has 12 heavy (non-hydrogen) atoms. The van der Waals surface area contributed by atoms with Gasteiger partial charge in [0.05, 0.1) is 0 Å². The maximum Gasteiger partial charge on any atom is 0.230 e. The topological polar surface area (TPSA) is 17.1 Å². The second-order valence-corrected chi connectivity index (χ2v) is 4.72. The maximum absolute atomic E-state index is 11.4. The molecular weight excluding hydrogens is 188 g/mol. The normalized spacial score (nSPS) is 9.83. The molecule has 1 aromatic rings. The number of carbonyl (C=O) groups excluding carboxylic acids is 1. The van der Waals surface area contributed by atoms with Gasteiger partial charge in [0.2, 0.25) is 5.12 Å². The molecule has 0 atom stereocenters. The molecule has 1 aromatic carbocycles. The summed E-state index contributed by atoms with van der Waals surface area (Å²) in [5, 5.41) is 0.139. The Morgan fingerprint density at radius 1 is 1.33 bits per heavy atom. The summed E-state index contributed by atoms with van der Waals surface area (Å²) in [7, 11) is 2.76. The standard InChI is InChI=1S/C9H10OS2/c1-7-5-3-4-6-8(7)9(10)12-11-2/h3-6H,1-2H3. The third-order valence-corrected chi connectivity index (χ3v) is 3.02. The SMILES string of the molecule is CSSC(=O)c1ccccc1C. The predicted molar refractivity (Wildman–Crippen MR) is 56.6 cm³/mol. The Morgan fingerprint density at radius 3 is 2.58 bits per heavy atom. The number of hydrogen-bond donors (Lipinski definition) is 0. The molecule has 0 aliphatic heterocycles. The van der Waals surface area contributed by atoms with Crippen LogP contribution in [0.25, 0.3) is 0 Å². The zero-order valence-electron chi connectivity index (χ0n) is 7.03. The van der Waals surface area contributed by atoms with Crippen LogP contribution in [0.3, 0.4) is 0 Å². The second kappa shape index (κ2) is 4.58. The lowest BCUT2D eigenvalue weighted by Gasteiger charge is -2.00. The van der Waals surface area contributed by atoms with Gasteiger partial charge in [-0.2, -0.15) is 0 Å². The predicted octanol–water partition coefficient (Wildman–Crippen LogP) is 3.15. The van der Waals surface area contributed by atoms with Crippen molar-refractivity contribution >= 4 is 26.7 Å². The first kappa shape index (κ1) is 9.68. The van der Waals surface area contributed by atoms with Crippen LogP contribution in [0.5, 0.6) is 0 Å². The third kappa shape index (κ3) is 2.29. The molecule has 0 aliphatic rings. The van der Waals surface area contributed by atoms with E-state index in [9.17, 15) is 4.79 Å². The van der Waals surface area contributed by atoms with Gasteiger partial charge >= 0.3 is 0 Å². The van der Waals surface area contributed by atoms with Crippen molar-refractivity contribution in [2.24, 2.45) is 0 Å². The van der Waals surface area contributed by atoms with Gasteiger partial charge in [-0.15, -0.1) is 0 Å². The van der Waals surface area contributed by atoms with E-state index in [1.807, 2.05) is 37.4 Å². The molecular formula is C9H10OS2. The van der Waals surface area contributed by atoms with Crippen molar-refractivity contribution in [3.05, 3.63) is 35.4 Å². The minimum Gasteiger partial charge on any atom is -0.281 e. The number of benzene rings is 1. The summed E-state index contributed by atoms with van der Waals surface area (Å²) >= 11 is 0. The molecule has 0 heterocycles. The van der Waals surface area contributed by atoms with E-state index in [0.717, 1.165) is 11.1 Å². The molecule has 0 amide bonds. The molecule has 0 saturated carbocycles. The summed E-state index contributed by atoms with van der Waals surface area (Å²) in [5.74, 6) is 0. The molecule has 0 N–H and O–H groups in total. The molecule has 0 radical (unpaired) electrons. The number of rotatable bonds is 2. The highest BCUT2D eigenvalue weighted by Crippen LogP contribution is 2.24. The molecule has 0 saturated heterocycles. The number of aryl methyl sites for hydroxylation is 1. The first-order valence-electron chi connectivity index (χ1n) is 3.56. The van der Waals surface area contributed by atoms with Gasteiger partial charge in [-0.3, -0.25) is 4.79 Å². The van der Waals surface area contributed by atoms with Crippen LogP contribution in [0.1, 0.15) is 15.9 Å². The van der Waals surface area contributed by atoms with E-state index in [0.29, 0.717) is 0 Å². The van der Waals surface area contributed by atoms with Gasteiger partial charge in [-0.05, 0) is 29.5 Å². The van der Waals surface area contributed by atoms with Crippen LogP contribution in [0.15, 0.2) is 24.3 Å². The van der Waals surface area contributed by atoms with E-state index >= 15 is 0 Å². The lowest BCUT2D eigenvalue weighted by molar-refractivity contribution is 0.109. The van der Waals surface area contributed by atoms with Gasteiger partial charge in [0.1, 0.15) is 0 Å². The van der Waals surface area contributed by atoms with Gasteiger partial charge in [-0.25, -0.2) is 0 Å². The van der Waals surface area contributed by atoms with Crippen molar-refractivity contribution in [1.29, 1.82) is 0 Å². The number of hydrogen-bond acceptors (Lipinski definition) is 3. The van der Waals surface area contributed by atoms with Gasteiger partial charge in [0, 0.05) is 5.56 Å². The van der Waals surface area contributed by atoms with Gasteiger partial charge in [0.15, 0.2) is 0 Å². The van der Waals surface area contributed by atoms with Crippen LogP contribution in [0, 0.1) is 6.92 Å². The van der Waals surface area contributed by atoms with Crippen molar-refractivity contribution in [2.45, 2.75) is 6.92 Å². The smallest absolute Gasteiger partial charge is 0.230 e. The first-order chi connectivity index (χ1) is 5.75. The molecule has 1 nitrogen and oxygen atoms in total. The number of carbonyl (C=O) groups is 1. The fourth-order valence-corrected chi connectivity index (χ4v) is 2.12. The van der Waals surface area contributed by atoms with Crippen LogP contribution < -0.4 is 0 Å². The van der Waals surface area contributed by atoms with Gasteiger partial charge in [0.25, 0.3) is 0 Å². The third-order valence-electron chi connectivity index (χ3n) is 1.52. The zero-order valence-corrected chi connectivity index (χ0v) is 8.67. The Hall–Kier alpha value is -0.410. The van der Waals surface area contributed by atoms with E-state index in [1.165, 1.54) is 21.6 Å². The lowest BCUT2D eigenvalue weighted by Crippen LogP contribution is -1.93. The van der Waals surface area contributed by atoms with Crippen LogP contribution in [-0.4, -0.2) is 11.4 Å². The Morgan fingerprint density at radius 2 is 2.00 bits per heavy atom. The highest BCUT2D eigenvalue weighted by Gasteiger charge is 2.07. The molecule has 3 heteroatoms. The average Bonchev–Trinajstić information content (AvgIpc) is 2.05. The quantitative estimate of drug-likeness (QED) is 0.680. The average molecular weight is 198 g/mol. The fourth-order valence-electron chi connectivity index (χ4n) is 0.923. The molecule has 0 fully saturated rings. The Labute approximate surface area is 80.3 Å². The van der Waals surface area contributed by atoms with Crippen molar-refractivity contribution in [1.82, 2.24) is 0 Å². The van der Waals surface area contributed by atoms with Gasteiger partial charge in [-0.1, -0.05) is 35.1 Å². The molecule has 0 spiro atoms. The molecule has 64 valence electrons. The van der Waals surface area contributed by atoms with E-state index in [1.54, 1.807) is 0 Å². The van der Waals surface area contributed by atoms with Crippen LogP contribution in [0.4, 0.5) is 0 Å². The van der Waals surface area contributed by atoms with Gasteiger partial charge < -0.3 is 0 Å². The second-order valence-electron chi connectivity index (χ2n) is 2.35. The molecule has 0 bridgehead atoms. The van der Waals surface area contributed by atoms with Crippen molar-refractivity contribution < 1.29 is 4.79 Å². The first-order valence-corrected chi connectivity index (χ1v) is 6.12. The van der Waals surface area contributed by atoms with E-state index in [2.05, 4.69) is 0 Å². The summed E-state index contributed by atoms with van der Waals surface area (Å²) in [4.78, 5) is 11.4. The molecule has 0 aliphatic carbocycles. The zero-order chi connectivity index (χ0) is 8.97. The monoisotopic (exact) mass is 198 g/mol. The minimum atomic E-state index is 0.139. The summed E-state index contributed by atoms with van der Waals surface area (Å²) in [6.07, 6.45) is 1.90. The van der Waals surface area contributed by atoms with E-state index < -0.39 is 0 Å². The largest absolute Gasteiger partial charge is 0.281 e. The highest BCUT2D eigenvalue weighted by molar-refractivity contribution is 8.82. The summed E-state index contributed by atoms with van der Waals surface area (Å²) in [5.41, 5.74) is 1.86. The Kier molecular flexibility index (Phi) is 3.69. The molecule has 0 aromatic heterocycles. The fraction of sp³-hybridized carbons (Fsp3) is 0.222. The van der Waals surface area contributed by atoms with E-state index in [4.69, 9.17) is 0 Å². The van der Waals surface area contributed by atoms with Crippen LogP contribution >= 0.6 is 21.6 Å². The van der Waals surface area contributed by atoms with Crippen LogP contribution in [-0.2, 0) is 0 Å². The summed E-state index contributed by atoms with van der Waals surface area (Å²) in [6, 6.07) is 7.64. The van der Waals surface area contributed by atoms with Crippen molar-refractivity contribution in [3.63, 3.8) is 0 Å². The Bertz CT molecular complexity index is 284. The molecule has 1 rings (SSSR count). The summed E-state index contributed by atoms with van der Waals surface area (Å²) in [6.45, 7) is 1.95. The van der Waals surface area contributed by atoms with Crippen LogP contribution in [0.2, 0.25) is 0 Å². The van der Waals surface area contributed by atoms with Crippen molar-refractivity contribution in [3.8, 4) is 0 Å². The summed E-state index contributed by atoms with van der Waals surface area (Å²) < 4.78 is 0. The Balaban J connectivity index is 2.87. The highest BCUT2D eigenvalue weighted by atomic mass is 33.1. The maximum atomic E-state index is 11.4. The lowest BCUT2D eigenvalue weighted by atomic mass is 10.1. The molecule has 0 unspecified atom stereocenters.